The molecule has 1 N–H and O–H groups in total. The average Bonchev–Trinajstić information content (AvgIpc) is 3.52. The Kier molecular flexibility index (Phi) is 7.41. The zero-order chi connectivity index (χ0) is 26.6. The van der Waals surface area contributed by atoms with Crippen molar-refractivity contribution >= 4 is 40.1 Å². The van der Waals surface area contributed by atoms with Crippen molar-refractivity contribution < 1.29 is 23.5 Å². The zero-order valence-electron chi connectivity index (χ0n) is 20.8. The summed E-state index contributed by atoms with van der Waals surface area (Å²) in [6.07, 6.45) is 0.500. The average molecular weight is 533 g/mol. The largest absolute Gasteiger partial charge is 0.497 e. The fourth-order valence-electron chi connectivity index (χ4n) is 4.28. The molecule has 2 aliphatic rings. The van der Waals surface area contributed by atoms with Crippen molar-refractivity contribution in [2.45, 2.75) is 24.1 Å². The number of amides is 2. The monoisotopic (exact) mass is 532 g/mol. The van der Waals surface area contributed by atoms with Crippen LogP contribution in [0, 0.1) is 5.82 Å². The highest BCUT2D eigenvalue weighted by Crippen LogP contribution is 2.39. The molecule has 38 heavy (non-hydrogen) atoms. The summed E-state index contributed by atoms with van der Waals surface area (Å²) in [5, 5.41) is 8.99. The minimum absolute atomic E-state index is 0.0941. The number of benzene rings is 3. The van der Waals surface area contributed by atoms with E-state index in [2.05, 4.69) is 10.3 Å². The number of nitrogens with zero attached hydrogens (tertiary/aromatic N) is 3. The standard InChI is InChI=1S/C28H25FN4O4S/c1-36-21-10-6-17(7-11-21)23-15-24(18-8-12-22(37-2)13-9-18)33(32-23)28-31-27(35)25(38-28)16-26(34)30-20-5-3-4-19(29)14-20/h3-14,24-25H,15-16H2,1-2H3,(H,30,34)/t24-,25-/m0/s1. The summed E-state index contributed by atoms with van der Waals surface area (Å²) in [6.45, 7) is 0. The zero-order valence-corrected chi connectivity index (χ0v) is 21.6. The first kappa shape index (κ1) is 25.5. The van der Waals surface area contributed by atoms with E-state index in [1.165, 1.54) is 30.0 Å². The number of amidine groups is 1. The number of anilines is 1. The van der Waals surface area contributed by atoms with E-state index in [9.17, 15) is 14.0 Å². The van der Waals surface area contributed by atoms with Crippen LogP contribution in [0.5, 0.6) is 11.5 Å². The number of carbonyl (C=O) groups excluding carboxylic acids is 2. The molecule has 0 aromatic heterocycles. The normalized spacial score (nSPS) is 18.7. The molecule has 0 spiro atoms. The maximum atomic E-state index is 13.5. The number of ether oxygens (including phenoxy) is 2. The Balaban J connectivity index is 1.36. The summed E-state index contributed by atoms with van der Waals surface area (Å²) >= 11 is 1.21. The van der Waals surface area contributed by atoms with Gasteiger partial charge in [-0.2, -0.15) is 10.1 Å². The van der Waals surface area contributed by atoms with Crippen molar-refractivity contribution in [2.75, 3.05) is 19.5 Å². The summed E-state index contributed by atoms with van der Waals surface area (Å²) in [5.41, 5.74) is 3.10. The van der Waals surface area contributed by atoms with E-state index in [0.29, 0.717) is 17.3 Å². The summed E-state index contributed by atoms with van der Waals surface area (Å²) in [7, 11) is 3.23. The van der Waals surface area contributed by atoms with E-state index in [1.54, 1.807) is 25.3 Å². The van der Waals surface area contributed by atoms with Crippen LogP contribution >= 0.6 is 11.8 Å². The second kappa shape index (κ2) is 11.1. The lowest BCUT2D eigenvalue weighted by molar-refractivity contribution is -0.121. The van der Waals surface area contributed by atoms with Gasteiger partial charge in [-0.1, -0.05) is 30.0 Å². The SMILES string of the molecule is COc1ccc(C2=NN(C3=NC(=O)[C@H](CC(=O)Nc4cccc(F)c4)S3)[C@H](c3ccc(OC)cc3)C2)cc1. The molecule has 2 amide bonds. The Morgan fingerprint density at radius 1 is 1.05 bits per heavy atom. The topological polar surface area (TPSA) is 92.6 Å². The van der Waals surface area contributed by atoms with Gasteiger partial charge in [-0.3, -0.25) is 9.59 Å². The molecule has 8 nitrogen and oxygen atoms in total. The number of halogens is 1. The van der Waals surface area contributed by atoms with Gasteiger partial charge >= 0.3 is 0 Å². The van der Waals surface area contributed by atoms with Gasteiger partial charge in [0.25, 0.3) is 5.91 Å². The van der Waals surface area contributed by atoms with Gasteiger partial charge in [-0.15, -0.1) is 0 Å². The molecule has 0 saturated carbocycles. The minimum atomic E-state index is -0.699. The Morgan fingerprint density at radius 3 is 2.39 bits per heavy atom. The van der Waals surface area contributed by atoms with Crippen molar-refractivity contribution in [1.29, 1.82) is 0 Å². The summed E-state index contributed by atoms with van der Waals surface area (Å²) in [4.78, 5) is 29.6. The lowest BCUT2D eigenvalue weighted by Crippen LogP contribution is -2.25. The van der Waals surface area contributed by atoms with E-state index < -0.39 is 22.9 Å². The summed E-state index contributed by atoms with van der Waals surface area (Å²) in [5.74, 6) is 0.233. The number of methoxy groups -OCH3 is 2. The van der Waals surface area contributed by atoms with Gasteiger partial charge in [-0.05, 0) is 65.7 Å². The molecular weight excluding hydrogens is 507 g/mol. The van der Waals surface area contributed by atoms with Crippen LogP contribution in [0.3, 0.4) is 0 Å². The lowest BCUT2D eigenvalue weighted by Gasteiger charge is -2.23. The molecule has 2 atom stereocenters. The molecule has 2 heterocycles. The molecule has 0 aliphatic carbocycles. The molecule has 3 aromatic carbocycles. The number of hydrogen-bond acceptors (Lipinski definition) is 7. The summed E-state index contributed by atoms with van der Waals surface area (Å²) < 4.78 is 24.0. The Morgan fingerprint density at radius 2 is 1.74 bits per heavy atom. The smallest absolute Gasteiger partial charge is 0.262 e. The molecule has 5 rings (SSSR count). The van der Waals surface area contributed by atoms with Gasteiger partial charge in [0, 0.05) is 18.5 Å². The van der Waals surface area contributed by atoms with Crippen LogP contribution in [0.1, 0.15) is 30.0 Å². The number of thioether (sulfide) groups is 1. The van der Waals surface area contributed by atoms with E-state index in [0.717, 1.165) is 28.3 Å². The molecule has 3 aromatic rings. The third kappa shape index (κ3) is 5.55. The van der Waals surface area contributed by atoms with Crippen molar-refractivity contribution in [3.63, 3.8) is 0 Å². The fraction of sp³-hybridized carbons (Fsp3) is 0.214. The Bertz CT molecular complexity index is 1410. The Labute approximate surface area is 223 Å². The maximum absolute atomic E-state index is 13.5. The van der Waals surface area contributed by atoms with Crippen LogP contribution in [-0.2, 0) is 9.59 Å². The molecule has 0 unspecified atom stereocenters. The predicted molar refractivity (Wildman–Crippen MR) is 145 cm³/mol. The molecule has 0 bridgehead atoms. The number of carbonyl (C=O) groups is 2. The first-order valence-electron chi connectivity index (χ1n) is 11.9. The fourth-order valence-corrected chi connectivity index (χ4v) is 5.34. The molecule has 0 fully saturated rings. The highest BCUT2D eigenvalue weighted by atomic mass is 32.2. The highest BCUT2D eigenvalue weighted by molar-refractivity contribution is 8.15. The van der Waals surface area contributed by atoms with Crippen LogP contribution in [0.25, 0.3) is 0 Å². The van der Waals surface area contributed by atoms with Crippen LogP contribution in [0.2, 0.25) is 0 Å². The van der Waals surface area contributed by atoms with Crippen molar-refractivity contribution in [3.05, 3.63) is 89.7 Å². The highest BCUT2D eigenvalue weighted by Gasteiger charge is 2.39. The van der Waals surface area contributed by atoms with Gasteiger partial charge in [0.15, 0.2) is 5.17 Å². The lowest BCUT2D eigenvalue weighted by atomic mass is 9.98. The van der Waals surface area contributed by atoms with Crippen LogP contribution in [-0.4, -0.2) is 47.2 Å². The van der Waals surface area contributed by atoms with Gasteiger partial charge in [0.2, 0.25) is 5.91 Å². The van der Waals surface area contributed by atoms with E-state index in [1.807, 2.05) is 48.5 Å². The van der Waals surface area contributed by atoms with Crippen LogP contribution in [0.15, 0.2) is 82.9 Å². The second-order valence-corrected chi connectivity index (χ2v) is 9.88. The first-order chi connectivity index (χ1) is 18.4. The third-order valence-corrected chi connectivity index (χ3v) is 7.38. The van der Waals surface area contributed by atoms with E-state index in [4.69, 9.17) is 14.6 Å². The number of aliphatic imine (C=N–C) groups is 1. The molecule has 0 saturated heterocycles. The predicted octanol–water partition coefficient (Wildman–Crippen LogP) is 5.02. The maximum Gasteiger partial charge on any atom is 0.262 e. The molecule has 2 aliphatic heterocycles. The van der Waals surface area contributed by atoms with Crippen molar-refractivity contribution in [2.24, 2.45) is 10.1 Å². The summed E-state index contributed by atoms with van der Waals surface area (Å²) in [6, 6.07) is 20.8. The molecule has 194 valence electrons. The van der Waals surface area contributed by atoms with Gasteiger partial charge in [0.05, 0.1) is 26.0 Å². The van der Waals surface area contributed by atoms with Gasteiger partial charge < -0.3 is 14.8 Å². The van der Waals surface area contributed by atoms with E-state index in [-0.39, 0.29) is 12.5 Å². The third-order valence-electron chi connectivity index (χ3n) is 6.24. The molecule has 10 heteroatoms. The van der Waals surface area contributed by atoms with Crippen LogP contribution in [0.4, 0.5) is 10.1 Å². The molecular formula is C28H25FN4O4S. The molecule has 0 radical (unpaired) electrons. The number of hydrazone groups is 1. The van der Waals surface area contributed by atoms with Gasteiger partial charge in [-0.25, -0.2) is 9.40 Å². The number of nitrogens with one attached hydrogen (secondary N) is 1. The van der Waals surface area contributed by atoms with Crippen LogP contribution < -0.4 is 14.8 Å². The first-order valence-corrected chi connectivity index (χ1v) is 12.8. The quantitative estimate of drug-likeness (QED) is 0.459. The second-order valence-electron chi connectivity index (χ2n) is 8.71. The number of rotatable bonds is 7. The Hall–Kier alpha value is -4.18. The minimum Gasteiger partial charge on any atom is -0.497 e. The van der Waals surface area contributed by atoms with E-state index >= 15 is 0 Å². The van der Waals surface area contributed by atoms with Gasteiger partial charge in [0.1, 0.15) is 22.6 Å². The number of hydrogen-bond donors (Lipinski definition) is 1. The van der Waals surface area contributed by atoms with Crippen molar-refractivity contribution in [3.8, 4) is 11.5 Å². The van der Waals surface area contributed by atoms with Crippen molar-refractivity contribution in [1.82, 2.24) is 5.01 Å².